The third-order valence-electron chi connectivity index (χ3n) is 4.78. The highest BCUT2D eigenvalue weighted by Gasteiger charge is 2.25. The lowest BCUT2D eigenvalue weighted by Crippen LogP contribution is -2.40. The second-order valence-corrected chi connectivity index (χ2v) is 7.21. The number of benzene rings is 1. The van der Waals surface area contributed by atoms with Gasteiger partial charge < -0.3 is 14.4 Å². The predicted octanol–water partition coefficient (Wildman–Crippen LogP) is 4.86. The minimum Gasteiger partial charge on any atom is -0.454 e. The zero-order valence-electron chi connectivity index (χ0n) is 14.0. The van der Waals surface area contributed by atoms with Crippen LogP contribution in [0.3, 0.4) is 0 Å². The molecule has 1 aliphatic heterocycles. The first-order chi connectivity index (χ1) is 12.3. The normalized spacial score (nSPS) is 17.1. The molecule has 0 spiro atoms. The number of fused-ring (bicyclic) bond motifs is 1. The molecule has 2 aliphatic rings. The summed E-state index contributed by atoms with van der Waals surface area (Å²) in [7, 11) is 0. The standard InChI is InChI=1S/C20H21NO3S/c22-20(9-7-15-6-8-18-19(12-15)24-14-23-18)21(17-10-11-25-13-17)16-4-2-1-3-5-16/h6-13,16H,1-5,14H2/b9-7+. The summed E-state index contributed by atoms with van der Waals surface area (Å²) in [5.41, 5.74) is 1.95. The summed E-state index contributed by atoms with van der Waals surface area (Å²) in [5, 5.41) is 4.08. The molecule has 0 bridgehead atoms. The minimum atomic E-state index is 0.0444. The average Bonchev–Trinajstić information content (AvgIpc) is 3.32. The molecule has 1 aromatic heterocycles. The number of amides is 1. The first-order valence-electron chi connectivity index (χ1n) is 8.74. The van der Waals surface area contributed by atoms with Gasteiger partial charge in [0.1, 0.15) is 0 Å². The molecule has 4 rings (SSSR count). The summed E-state index contributed by atoms with van der Waals surface area (Å²) in [6.07, 6.45) is 9.36. The molecule has 130 valence electrons. The van der Waals surface area contributed by atoms with Crippen LogP contribution in [0.2, 0.25) is 0 Å². The van der Waals surface area contributed by atoms with Crippen LogP contribution in [0.15, 0.2) is 41.1 Å². The highest BCUT2D eigenvalue weighted by atomic mass is 32.1. The number of anilines is 1. The second-order valence-electron chi connectivity index (χ2n) is 6.43. The third kappa shape index (κ3) is 3.56. The Morgan fingerprint density at radius 1 is 1.12 bits per heavy atom. The molecule has 0 saturated heterocycles. The predicted molar refractivity (Wildman–Crippen MR) is 100 cm³/mol. The van der Waals surface area contributed by atoms with Crippen LogP contribution in [-0.2, 0) is 4.79 Å². The van der Waals surface area contributed by atoms with E-state index < -0.39 is 0 Å². The van der Waals surface area contributed by atoms with Crippen LogP contribution < -0.4 is 14.4 Å². The van der Waals surface area contributed by atoms with E-state index in [1.54, 1.807) is 17.4 Å². The molecule has 4 nitrogen and oxygen atoms in total. The largest absolute Gasteiger partial charge is 0.454 e. The van der Waals surface area contributed by atoms with Gasteiger partial charge in [0.15, 0.2) is 11.5 Å². The van der Waals surface area contributed by atoms with Crippen molar-refractivity contribution in [1.82, 2.24) is 0 Å². The summed E-state index contributed by atoms with van der Waals surface area (Å²) >= 11 is 1.63. The lowest BCUT2D eigenvalue weighted by atomic mass is 9.94. The molecular formula is C20H21NO3S. The minimum absolute atomic E-state index is 0.0444. The lowest BCUT2D eigenvalue weighted by molar-refractivity contribution is -0.114. The molecule has 1 fully saturated rings. The Morgan fingerprint density at radius 2 is 1.96 bits per heavy atom. The Balaban J connectivity index is 1.54. The van der Waals surface area contributed by atoms with Gasteiger partial charge in [-0.3, -0.25) is 4.79 Å². The van der Waals surface area contributed by atoms with Crippen molar-refractivity contribution in [2.75, 3.05) is 11.7 Å². The number of ether oxygens (including phenoxy) is 2. The molecule has 0 atom stereocenters. The summed E-state index contributed by atoms with van der Waals surface area (Å²) in [5.74, 6) is 1.53. The van der Waals surface area contributed by atoms with Gasteiger partial charge in [-0.2, -0.15) is 11.3 Å². The molecule has 1 aliphatic carbocycles. The Kier molecular flexibility index (Phi) is 4.74. The van der Waals surface area contributed by atoms with Crippen molar-refractivity contribution in [1.29, 1.82) is 0 Å². The fourth-order valence-corrected chi connectivity index (χ4v) is 4.14. The van der Waals surface area contributed by atoms with Gasteiger partial charge in [-0.25, -0.2) is 0 Å². The van der Waals surface area contributed by atoms with Gasteiger partial charge >= 0.3 is 0 Å². The van der Waals surface area contributed by atoms with Crippen molar-refractivity contribution >= 4 is 29.0 Å². The summed E-state index contributed by atoms with van der Waals surface area (Å²) in [6.45, 7) is 0.259. The van der Waals surface area contributed by atoms with Crippen LogP contribution >= 0.6 is 11.3 Å². The Bertz CT molecular complexity index is 763. The molecule has 0 unspecified atom stereocenters. The van der Waals surface area contributed by atoms with Crippen molar-refractivity contribution in [3.8, 4) is 11.5 Å². The maximum atomic E-state index is 12.9. The average molecular weight is 355 g/mol. The van der Waals surface area contributed by atoms with E-state index in [-0.39, 0.29) is 12.7 Å². The first-order valence-corrected chi connectivity index (χ1v) is 9.69. The van der Waals surface area contributed by atoms with Gasteiger partial charge in [0.2, 0.25) is 6.79 Å². The van der Waals surface area contributed by atoms with E-state index in [1.165, 1.54) is 19.3 Å². The van der Waals surface area contributed by atoms with Gasteiger partial charge in [-0.1, -0.05) is 25.3 Å². The van der Waals surface area contributed by atoms with Crippen LogP contribution in [0.4, 0.5) is 5.69 Å². The number of carbonyl (C=O) groups excluding carboxylic acids is 1. The van der Waals surface area contributed by atoms with E-state index in [9.17, 15) is 4.79 Å². The van der Waals surface area contributed by atoms with E-state index in [4.69, 9.17) is 9.47 Å². The summed E-state index contributed by atoms with van der Waals surface area (Å²) in [6, 6.07) is 8.06. The van der Waals surface area contributed by atoms with Gasteiger partial charge in [0.25, 0.3) is 5.91 Å². The molecule has 2 heterocycles. The molecule has 1 aromatic carbocycles. The molecule has 1 amide bonds. The zero-order chi connectivity index (χ0) is 17.1. The van der Waals surface area contributed by atoms with Crippen molar-refractivity contribution in [3.05, 3.63) is 46.7 Å². The number of thiophene rings is 1. The van der Waals surface area contributed by atoms with Crippen molar-refractivity contribution < 1.29 is 14.3 Å². The number of rotatable bonds is 4. The number of hydrogen-bond donors (Lipinski definition) is 0. The van der Waals surface area contributed by atoms with Gasteiger partial charge in [-0.05, 0) is 48.1 Å². The number of hydrogen-bond acceptors (Lipinski definition) is 4. The van der Waals surface area contributed by atoms with Crippen molar-refractivity contribution in [3.63, 3.8) is 0 Å². The van der Waals surface area contributed by atoms with Crippen molar-refractivity contribution in [2.45, 2.75) is 38.1 Å². The molecule has 1 saturated carbocycles. The fraction of sp³-hybridized carbons (Fsp3) is 0.350. The SMILES string of the molecule is O=C(/C=C/c1ccc2c(c1)OCO2)N(c1ccsc1)C1CCCCC1. The lowest BCUT2D eigenvalue weighted by Gasteiger charge is -2.33. The maximum Gasteiger partial charge on any atom is 0.251 e. The highest BCUT2D eigenvalue weighted by molar-refractivity contribution is 7.08. The van der Waals surface area contributed by atoms with E-state index >= 15 is 0 Å². The summed E-state index contributed by atoms with van der Waals surface area (Å²) < 4.78 is 10.7. The molecule has 0 radical (unpaired) electrons. The molecular weight excluding hydrogens is 334 g/mol. The van der Waals surface area contributed by atoms with Gasteiger partial charge in [0.05, 0.1) is 5.69 Å². The monoisotopic (exact) mass is 355 g/mol. The van der Waals surface area contributed by atoms with Crippen LogP contribution in [0, 0.1) is 0 Å². The number of carbonyl (C=O) groups is 1. The van der Waals surface area contributed by atoms with Crippen LogP contribution in [0.25, 0.3) is 6.08 Å². The third-order valence-corrected chi connectivity index (χ3v) is 5.45. The van der Waals surface area contributed by atoms with E-state index in [0.717, 1.165) is 35.6 Å². The molecule has 0 N–H and O–H groups in total. The molecule has 25 heavy (non-hydrogen) atoms. The zero-order valence-corrected chi connectivity index (χ0v) is 14.8. The van der Waals surface area contributed by atoms with Crippen LogP contribution in [0.5, 0.6) is 11.5 Å². The Labute approximate surface area is 151 Å². The van der Waals surface area contributed by atoms with Crippen molar-refractivity contribution in [2.24, 2.45) is 0 Å². The van der Waals surface area contributed by atoms with E-state index in [0.29, 0.717) is 6.04 Å². The maximum absolute atomic E-state index is 12.9. The van der Waals surface area contributed by atoms with E-state index in [1.807, 2.05) is 40.6 Å². The smallest absolute Gasteiger partial charge is 0.251 e. The Hall–Kier alpha value is -2.27. The second kappa shape index (κ2) is 7.31. The Morgan fingerprint density at radius 3 is 2.76 bits per heavy atom. The fourth-order valence-electron chi connectivity index (χ4n) is 3.52. The highest BCUT2D eigenvalue weighted by Crippen LogP contribution is 2.33. The van der Waals surface area contributed by atoms with E-state index in [2.05, 4.69) is 5.38 Å². The molecule has 2 aromatic rings. The van der Waals surface area contributed by atoms with Gasteiger partial charge in [-0.15, -0.1) is 0 Å². The van der Waals surface area contributed by atoms with Crippen LogP contribution in [-0.4, -0.2) is 18.7 Å². The number of nitrogens with zero attached hydrogens (tertiary/aromatic N) is 1. The summed E-state index contributed by atoms with van der Waals surface area (Å²) in [4.78, 5) is 14.9. The van der Waals surface area contributed by atoms with Crippen LogP contribution in [0.1, 0.15) is 37.7 Å². The first kappa shape index (κ1) is 16.2. The van der Waals surface area contributed by atoms with Gasteiger partial charge in [0, 0.05) is 17.5 Å². The molecule has 5 heteroatoms. The topological polar surface area (TPSA) is 38.8 Å². The quantitative estimate of drug-likeness (QED) is 0.736.